The predicted octanol–water partition coefficient (Wildman–Crippen LogP) is 3.03. The maximum Gasteiger partial charge on any atom is 0.126 e. The van der Waals surface area contributed by atoms with Gasteiger partial charge in [-0.15, -0.1) is 0 Å². The summed E-state index contributed by atoms with van der Waals surface area (Å²) in [6.07, 6.45) is 1.37. The number of aromatic hydroxyl groups is 1. The Balaban J connectivity index is 1.75. The lowest BCUT2D eigenvalue weighted by atomic mass is 10.0. The highest BCUT2D eigenvalue weighted by Gasteiger charge is 2.22. The van der Waals surface area contributed by atoms with Gasteiger partial charge in [-0.2, -0.15) is 10.2 Å². The maximum absolute atomic E-state index is 10.1. The lowest BCUT2D eigenvalue weighted by Gasteiger charge is -2.15. The van der Waals surface area contributed by atoms with E-state index in [0.717, 1.165) is 37.3 Å². The van der Waals surface area contributed by atoms with Gasteiger partial charge < -0.3 is 9.84 Å². The summed E-state index contributed by atoms with van der Waals surface area (Å²) in [5, 5.41) is 19.2. The number of phenolic OH excluding ortho intramolecular Hbond substituents is 1. The van der Waals surface area contributed by atoms with E-state index in [1.54, 1.807) is 13.2 Å². The third-order valence-electron chi connectivity index (χ3n) is 4.20. The van der Waals surface area contributed by atoms with Crippen LogP contribution < -0.4 is 0 Å². The Kier molecular flexibility index (Phi) is 4.80. The van der Waals surface area contributed by atoms with Crippen molar-refractivity contribution in [3.63, 3.8) is 0 Å². The average Bonchev–Trinajstić information content (AvgIpc) is 2.95. The number of likely N-dealkylation sites (tertiary alicyclic amines) is 1. The van der Waals surface area contributed by atoms with Gasteiger partial charge >= 0.3 is 0 Å². The van der Waals surface area contributed by atoms with Crippen LogP contribution in [0.3, 0.4) is 0 Å². The molecule has 1 aliphatic heterocycles. The Morgan fingerprint density at radius 1 is 1.35 bits per heavy atom. The van der Waals surface area contributed by atoms with Gasteiger partial charge in [0.15, 0.2) is 0 Å². The molecule has 0 amide bonds. The summed E-state index contributed by atoms with van der Waals surface area (Å²) in [5.41, 5.74) is 3.11. The smallest absolute Gasteiger partial charge is 0.126 e. The molecule has 2 aromatic rings. The molecule has 2 heterocycles. The minimum atomic E-state index is 0.125. The molecule has 1 saturated heterocycles. The van der Waals surface area contributed by atoms with E-state index in [0.29, 0.717) is 22.4 Å². The topological polar surface area (TPSA) is 58.5 Å². The number of hydrogen-bond acceptors (Lipinski definition) is 5. The molecule has 1 aliphatic rings. The molecule has 1 aromatic heterocycles. The van der Waals surface area contributed by atoms with E-state index in [2.05, 4.69) is 15.1 Å². The van der Waals surface area contributed by atoms with Crippen molar-refractivity contribution in [2.75, 3.05) is 20.2 Å². The maximum atomic E-state index is 10.1. The molecule has 6 heteroatoms. The number of ether oxygens (including phenoxy) is 1. The summed E-state index contributed by atoms with van der Waals surface area (Å²) in [6.45, 7) is 4.60. The Labute approximate surface area is 140 Å². The van der Waals surface area contributed by atoms with Crippen LogP contribution in [0, 0.1) is 6.92 Å². The number of aromatic nitrogens is 2. The zero-order chi connectivity index (χ0) is 16.4. The van der Waals surface area contributed by atoms with Crippen LogP contribution in [0.25, 0.3) is 11.3 Å². The Morgan fingerprint density at radius 3 is 2.78 bits per heavy atom. The number of aryl methyl sites for hydroxylation is 1. The molecular formula is C17H20ClN3O2. The third-order valence-corrected chi connectivity index (χ3v) is 4.42. The molecule has 1 aromatic carbocycles. The number of rotatable bonds is 4. The molecule has 0 saturated carbocycles. The summed E-state index contributed by atoms with van der Waals surface area (Å²) < 4.78 is 5.38. The van der Waals surface area contributed by atoms with Crippen LogP contribution >= 0.6 is 11.6 Å². The number of benzene rings is 1. The molecule has 0 aliphatic carbocycles. The SMILES string of the molecule is CO[C@@H]1CCN(Cc2ccc(-c3c(C)cc(Cl)cc3O)nn2)C1. The second-order valence-electron chi connectivity index (χ2n) is 5.91. The molecule has 0 bridgehead atoms. The van der Waals surface area contributed by atoms with Gasteiger partial charge in [0.1, 0.15) is 5.75 Å². The van der Waals surface area contributed by atoms with Gasteiger partial charge in [-0.1, -0.05) is 11.6 Å². The van der Waals surface area contributed by atoms with Gasteiger partial charge in [0.05, 0.1) is 17.5 Å². The highest BCUT2D eigenvalue weighted by molar-refractivity contribution is 6.31. The number of halogens is 1. The van der Waals surface area contributed by atoms with Gasteiger partial charge in [0.2, 0.25) is 0 Å². The quantitative estimate of drug-likeness (QED) is 0.932. The molecule has 122 valence electrons. The lowest BCUT2D eigenvalue weighted by Crippen LogP contribution is -2.23. The zero-order valence-corrected chi connectivity index (χ0v) is 14.0. The summed E-state index contributed by atoms with van der Waals surface area (Å²) in [7, 11) is 1.75. The lowest BCUT2D eigenvalue weighted by molar-refractivity contribution is 0.107. The second kappa shape index (κ2) is 6.83. The van der Waals surface area contributed by atoms with Crippen LogP contribution in [0.2, 0.25) is 5.02 Å². The Hall–Kier alpha value is -1.69. The van der Waals surface area contributed by atoms with Gasteiger partial charge in [-0.05, 0) is 43.2 Å². The summed E-state index contributed by atoms with van der Waals surface area (Å²) in [4.78, 5) is 2.31. The number of phenols is 1. The Bertz CT molecular complexity index is 668. The number of nitrogens with zero attached hydrogens (tertiary/aromatic N) is 3. The standard InChI is InChI=1S/C17H20ClN3O2/c1-11-7-12(18)8-16(22)17(11)15-4-3-13(19-20-15)9-21-6-5-14(10-21)23-2/h3-4,7-8,14,22H,5-6,9-10H2,1-2H3/t14-/m1/s1. The summed E-state index contributed by atoms with van der Waals surface area (Å²) in [6, 6.07) is 7.17. The summed E-state index contributed by atoms with van der Waals surface area (Å²) in [5.74, 6) is 0.125. The van der Waals surface area contributed by atoms with E-state index in [-0.39, 0.29) is 5.75 Å². The first kappa shape index (κ1) is 16.2. The molecule has 0 radical (unpaired) electrons. The Morgan fingerprint density at radius 2 is 2.17 bits per heavy atom. The van der Waals surface area contributed by atoms with Crippen molar-refractivity contribution in [2.45, 2.75) is 26.0 Å². The van der Waals surface area contributed by atoms with Crippen LogP contribution in [0.15, 0.2) is 24.3 Å². The van der Waals surface area contributed by atoms with Crippen molar-refractivity contribution in [3.05, 3.63) is 40.5 Å². The van der Waals surface area contributed by atoms with Crippen LogP contribution in [-0.2, 0) is 11.3 Å². The first-order valence-electron chi connectivity index (χ1n) is 7.64. The molecule has 1 N–H and O–H groups in total. The van der Waals surface area contributed by atoms with Crippen molar-refractivity contribution >= 4 is 11.6 Å². The molecule has 5 nitrogen and oxygen atoms in total. The van der Waals surface area contributed by atoms with E-state index < -0.39 is 0 Å². The van der Waals surface area contributed by atoms with Gasteiger partial charge in [-0.25, -0.2) is 0 Å². The van der Waals surface area contributed by atoms with Crippen molar-refractivity contribution in [2.24, 2.45) is 0 Å². The zero-order valence-electron chi connectivity index (χ0n) is 13.3. The molecule has 0 unspecified atom stereocenters. The molecule has 1 atom stereocenters. The molecule has 0 spiro atoms. The summed E-state index contributed by atoms with van der Waals surface area (Å²) >= 11 is 5.94. The number of hydrogen-bond donors (Lipinski definition) is 1. The normalized spacial score (nSPS) is 18.5. The first-order chi connectivity index (χ1) is 11.1. The second-order valence-corrected chi connectivity index (χ2v) is 6.34. The fourth-order valence-corrected chi connectivity index (χ4v) is 3.27. The van der Waals surface area contributed by atoms with E-state index in [1.165, 1.54) is 6.07 Å². The van der Waals surface area contributed by atoms with Gasteiger partial charge in [0.25, 0.3) is 0 Å². The highest BCUT2D eigenvalue weighted by atomic mass is 35.5. The third kappa shape index (κ3) is 3.63. The van der Waals surface area contributed by atoms with E-state index in [4.69, 9.17) is 16.3 Å². The molecular weight excluding hydrogens is 314 g/mol. The molecule has 1 fully saturated rings. The van der Waals surface area contributed by atoms with E-state index in [9.17, 15) is 5.11 Å². The van der Waals surface area contributed by atoms with E-state index in [1.807, 2.05) is 19.1 Å². The highest BCUT2D eigenvalue weighted by Crippen LogP contribution is 2.33. The van der Waals surface area contributed by atoms with E-state index >= 15 is 0 Å². The van der Waals surface area contributed by atoms with Crippen molar-refractivity contribution in [3.8, 4) is 17.0 Å². The van der Waals surface area contributed by atoms with Crippen molar-refractivity contribution < 1.29 is 9.84 Å². The van der Waals surface area contributed by atoms with Crippen molar-refractivity contribution in [1.29, 1.82) is 0 Å². The van der Waals surface area contributed by atoms with Crippen LogP contribution in [0.1, 0.15) is 17.7 Å². The molecule has 23 heavy (non-hydrogen) atoms. The minimum absolute atomic E-state index is 0.125. The first-order valence-corrected chi connectivity index (χ1v) is 8.02. The number of methoxy groups -OCH3 is 1. The molecule has 3 rings (SSSR count). The fourth-order valence-electron chi connectivity index (χ4n) is 3.00. The van der Waals surface area contributed by atoms with Gasteiger partial charge in [-0.3, -0.25) is 4.90 Å². The van der Waals surface area contributed by atoms with Gasteiger partial charge in [0, 0.05) is 37.3 Å². The average molecular weight is 334 g/mol. The monoisotopic (exact) mass is 333 g/mol. The minimum Gasteiger partial charge on any atom is -0.507 e. The van der Waals surface area contributed by atoms with Crippen molar-refractivity contribution in [1.82, 2.24) is 15.1 Å². The van der Waals surface area contributed by atoms with Crippen LogP contribution in [0.5, 0.6) is 5.75 Å². The predicted molar refractivity (Wildman–Crippen MR) is 89.6 cm³/mol. The largest absolute Gasteiger partial charge is 0.507 e. The van der Waals surface area contributed by atoms with Crippen LogP contribution in [0.4, 0.5) is 0 Å². The van der Waals surface area contributed by atoms with Crippen LogP contribution in [-0.4, -0.2) is 46.5 Å². The fraction of sp³-hybridized carbons (Fsp3) is 0.412.